The second-order valence-electron chi connectivity index (χ2n) is 5.14. The van der Waals surface area contributed by atoms with Gasteiger partial charge in [-0.3, -0.25) is 4.79 Å². The van der Waals surface area contributed by atoms with E-state index in [0.29, 0.717) is 11.6 Å². The first-order valence-corrected chi connectivity index (χ1v) is 8.38. The molecule has 0 radical (unpaired) electrons. The second-order valence-corrected chi connectivity index (χ2v) is 6.43. The molecule has 0 aliphatic carbocycles. The van der Waals surface area contributed by atoms with Gasteiger partial charge in [0.15, 0.2) is 10.8 Å². The van der Waals surface area contributed by atoms with Crippen molar-refractivity contribution in [2.75, 3.05) is 0 Å². The lowest BCUT2D eigenvalue weighted by molar-refractivity contribution is -0.120. The summed E-state index contributed by atoms with van der Waals surface area (Å²) < 4.78 is 5.54. The summed E-state index contributed by atoms with van der Waals surface area (Å²) in [6, 6.07) is 11.2. The topological polar surface area (TPSA) is 55.1 Å². The number of nitrogens with zero attached hydrogens (tertiary/aromatic N) is 1. The Morgan fingerprint density at radius 2 is 2.22 bits per heavy atom. The maximum absolute atomic E-state index is 12.0. The second kappa shape index (κ2) is 6.98. The average molecular weight is 347 g/mol. The van der Waals surface area contributed by atoms with Crippen LogP contribution in [0.4, 0.5) is 0 Å². The van der Waals surface area contributed by atoms with Crippen LogP contribution in [0.5, 0.6) is 0 Å². The van der Waals surface area contributed by atoms with E-state index in [4.69, 9.17) is 16.0 Å². The summed E-state index contributed by atoms with van der Waals surface area (Å²) in [6.45, 7) is 2.34. The van der Waals surface area contributed by atoms with Crippen molar-refractivity contribution in [1.82, 2.24) is 10.3 Å². The standard InChI is InChI=1S/C17H15ClN2O2S/c1-11-5-6-15(22-11)17-20-14(10-23-17)8-16(21)19-9-12-3-2-4-13(18)7-12/h2-7,10H,8-9H2,1H3,(H,19,21). The van der Waals surface area contributed by atoms with E-state index in [2.05, 4.69) is 10.3 Å². The van der Waals surface area contributed by atoms with Crippen molar-refractivity contribution in [1.29, 1.82) is 0 Å². The van der Waals surface area contributed by atoms with Crippen molar-refractivity contribution in [3.05, 3.63) is 63.8 Å². The zero-order valence-electron chi connectivity index (χ0n) is 12.5. The van der Waals surface area contributed by atoms with Crippen LogP contribution in [-0.4, -0.2) is 10.9 Å². The number of nitrogens with one attached hydrogen (secondary N) is 1. The third kappa shape index (κ3) is 4.21. The molecule has 6 heteroatoms. The minimum atomic E-state index is -0.0718. The quantitative estimate of drug-likeness (QED) is 0.752. The Kier molecular flexibility index (Phi) is 4.79. The van der Waals surface area contributed by atoms with Gasteiger partial charge in [0.1, 0.15) is 5.76 Å². The first-order chi connectivity index (χ1) is 11.1. The molecule has 23 heavy (non-hydrogen) atoms. The fourth-order valence-electron chi connectivity index (χ4n) is 2.13. The van der Waals surface area contributed by atoms with Gasteiger partial charge in [-0.2, -0.15) is 0 Å². The third-order valence-electron chi connectivity index (χ3n) is 3.22. The summed E-state index contributed by atoms with van der Waals surface area (Å²) in [4.78, 5) is 16.5. The molecule has 0 saturated carbocycles. The van der Waals surface area contributed by atoms with E-state index in [-0.39, 0.29) is 12.3 Å². The molecule has 0 spiro atoms. The summed E-state index contributed by atoms with van der Waals surface area (Å²) in [5, 5.41) is 6.20. The number of carbonyl (C=O) groups excluding carboxylic acids is 1. The first-order valence-electron chi connectivity index (χ1n) is 7.12. The number of thiazole rings is 1. The van der Waals surface area contributed by atoms with Gasteiger partial charge in [0, 0.05) is 16.9 Å². The molecule has 1 amide bonds. The first kappa shape index (κ1) is 15.8. The highest BCUT2D eigenvalue weighted by atomic mass is 35.5. The molecule has 2 heterocycles. The van der Waals surface area contributed by atoms with Crippen molar-refractivity contribution < 1.29 is 9.21 Å². The van der Waals surface area contributed by atoms with Crippen molar-refractivity contribution in [2.45, 2.75) is 19.9 Å². The van der Waals surface area contributed by atoms with E-state index in [1.807, 2.05) is 42.6 Å². The Balaban J connectivity index is 1.57. The number of rotatable bonds is 5. The highest BCUT2D eigenvalue weighted by molar-refractivity contribution is 7.13. The van der Waals surface area contributed by atoms with Crippen molar-refractivity contribution in [3.8, 4) is 10.8 Å². The average Bonchev–Trinajstić information content (AvgIpc) is 3.14. The van der Waals surface area contributed by atoms with Gasteiger partial charge in [-0.05, 0) is 36.8 Å². The highest BCUT2D eigenvalue weighted by Crippen LogP contribution is 2.25. The lowest BCUT2D eigenvalue weighted by Gasteiger charge is -2.04. The van der Waals surface area contributed by atoms with Gasteiger partial charge in [0.25, 0.3) is 0 Å². The van der Waals surface area contributed by atoms with Gasteiger partial charge < -0.3 is 9.73 Å². The maximum Gasteiger partial charge on any atom is 0.226 e. The van der Waals surface area contributed by atoms with Gasteiger partial charge in [0.05, 0.1) is 12.1 Å². The molecule has 0 aliphatic heterocycles. The molecule has 0 bridgehead atoms. The van der Waals surface area contributed by atoms with Gasteiger partial charge in [-0.15, -0.1) is 11.3 Å². The molecule has 1 N–H and O–H groups in total. The Labute approximate surface area is 143 Å². The molecular weight excluding hydrogens is 332 g/mol. The lowest BCUT2D eigenvalue weighted by atomic mass is 10.2. The molecule has 0 saturated heterocycles. The van der Waals surface area contributed by atoms with Gasteiger partial charge in [0.2, 0.25) is 5.91 Å². The minimum Gasteiger partial charge on any atom is -0.459 e. The van der Waals surface area contributed by atoms with Crippen molar-refractivity contribution in [2.24, 2.45) is 0 Å². The molecule has 0 unspecified atom stereocenters. The van der Waals surface area contributed by atoms with Crippen LogP contribution in [0.3, 0.4) is 0 Å². The Bertz CT molecular complexity index is 825. The minimum absolute atomic E-state index is 0.0718. The van der Waals surface area contributed by atoms with E-state index in [1.165, 1.54) is 11.3 Å². The number of aryl methyl sites for hydroxylation is 1. The van der Waals surface area contributed by atoms with Crippen LogP contribution in [0.1, 0.15) is 17.0 Å². The number of hydrogen-bond acceptors (Lipinski definition) is 4. The summed E-state index contributed by atoms with van der Waals surface area (Å²) in [7, 11) is 0. The fraction of sp³-hybridized carbons (Fsp3) is 0.176. The van der Waals surface area contributed by atoms with E-state index in [9.17, 15) is 4.79 Å². The molecule has 2 aromatic heterocycles. The molecule has 3 aromatic rings. The monoisotopic (exact) mass is 346 g/mol. The molecule has 118 valence electrons. The molecule has 0 atom stereocenters. The van der Waals surface area contributed by atoms with Crippen LogP contribution >= 0.6 is 22.9 Å². The van der Waals surface area contributed by atoms with E-state index < -0.39 is 0 Å². The van der Waals surface area contributed by atoms with Crippen molar-refractivity contribution >= 4 is 28.8 Å². The number of furan rings is 1. The zero-order chi connectivity index (χ0) is 16.2. The lowest BCUT2D eigenvalue weighted by Crippen LogP contribution is -2.24. The SMILES string of the molecule is Cc1ccc(-c2nc(CC(=O)NCc3cccc(Cl)c3)cs2)o1. The molecule has 3 rings (SSSR count). The van der Waals surface area contributed by atoms with Crippen LogP contribution in [0.2, 0.25) is 5.02 Å². The molecule has 0 fully saturated rings. The smallest absolute Gasteiger partial charge is 0.226 e. The number of amides is 1. The number of halogens is 1. The Morgan fingerprint density at radius 3 is 2.96 bits per heavy atom. The zero-order valence-corrected chi connectivity index (χ0v) is 14.1. The van der Waals surface area contributed by atoms with Gasteiger partial charge in [-0.25, -0.2) is 4.98 Å². The third-order valence-corrected chi connectivity index (χ3v) is 4.36. The van der Waals surface area contributed by atoms with E-state index in [0.717, 1.165) is 27.8 Å². The Hall–Kier alpha value is -2.11. The van der Waals surface area contributed by atoms with Crippen LogP contribution in [-0.2, 0) is 17.8 Å². The predicted octanol–water partition coefficient (Wildman–Crippen LogP) is 4.22. The van der Waals surface area contributed by atoms with Gasteiger partial charge >= 0.3 is 0 Å². The number of hydrogen-bond donors (Lipinski definition) is 1. The molecule has 1 aromatic carbocycles. The van der Waals surface area contributed by atoms with Gasteiger partial charge in [-0.1, -0.05) is 23.7 Å². The summed E-state index contributed by atoms with van der Waals surface area (Å²) in [5.41, 5.74) is 1.71. The normalized spacial score (nSPS) is 10.7. The van der Waals surface area contributed by atoms with Crippen LogP contribution in [0.25, 0.3) is 10.8 Å². The van der Waals surface area contributed by atoms with Crippen LogP contribution < -0.4 is 5.32 Å². The van der Waals surface area contributed by atoms with Crippen LogP contribution in [0.15, 0.2) is 46.2 Å². The maximum atomic E-state index is 12.0. The highest BCUT2D eigenvalue weighted by Gasteiger charge is 2.11. The van der Waals surface area contributed by atoms with Crippen molar-refractivity contribution in [3.63, 3.8) is 0 Å². The molecule has 0 aliphatic rings. The van der Waals surface area contributed by atoms with Crippen LogP contribution in [0, 0.1) is 6.92 Å². The number of carbonyl (C=O) groups is 1. The fourth-order valence-corrected chi connectivity index (χ4v) is 3.12. The predicted molar refractivity (Wildman–Crippen MR) is 91.6 cm³/mol. The van der Waals surface area contributed by atoms with E-state index >= 15 is 0 Å². The summed E-state index contributed by atoms with van der Waals surface area (Å²) >= 11 is 7.39. The largest absolute Gasteiger partial charge is 0.459 e. The molecule has 4 nitrogen and oxygen atoms in total. The number of benzene rings is 1. The summed E-state index contributed by atoms with van der Waals surface area (Å²) in [5.74, 6) is 1.51. The number of aromatic nitrogens is 1. The Morgan fingerprint density at radius 1 is 1.35 bits per heavy atom. The van der Waals surface area contributed by atoms with E-state index in [1.54, 1.807) is 6.07 Å². The molecular formula is C17H15ClN2O2S. The summed E-state index contributed by atoms with van der Waals surface area (Å²) in [6.07, 6.45) is 0.247.